The number of hydrogen-bond donors (Lipinski definition) is 1. The second kappa shape index (κ2) is 6.44. The van der Waals surface area contributed by atoms with Gasteiger partial charge in [-0.25, -0.2) is 4.68 Å². The van der Waals surface area contributed by atoms with E-state index < -0.39 is 6.55 Å². The normalized spacial score (nSPS) is 18.8. The van der Waals surface area contributed by atoms with Crippen molar-refractivity contribution in [3.05, 3.63) is 30.2 Å². The van der Waals surface area contributed by atoms with Gasteiger partial charge in [-0.3, -0.25) is 9.78 Å². The molecule has 1 aliphatic rings. The molecule has 1 amide bonds. The second-order valence-corrected chi connectivity index (χ2v) is 5.85. The highest BCUT2D eigenvalue weighted by atomic mass is 19.3. The Morgan fingerprint density at radius 1 is 1.30 bits per heavy atom. The Morgan fingerprint density at radius 3 is 2.91 bits per heavy atom. The fourth-order valence-electron chi connectivity index (χ4n) is 2.81. The molecule has 0 aliphatic carbocycles. The minimum absolute atomic E-state index is 0.173. The molecular formula is C16H18F2N4O. The van der Waals surface area contributed by atoms with E-state index in [9.17, 15) is 13.6 Å². The Bertz CT molecular complexity index is 714. The number of anilines is 1. The van der Waals surface area contributed by atoms with E-state index in [2.05, 4.69) is 15.4 Å². The van der Waals surface area contributed by atoms with Crippen molar-refractivity contribution >= 4 is 11.6 Å². The van der Waals surface area contributed by atoms with E-state index in [0.29, 0.717) is 15.9 Å². The van der Waals surface area contributed by atoms with Crippen molar-refractivity contribution in [2.45, 2.75) is 39.2 Å². The van der Waals surface area contributed by atoms with Crippen molar-refractivity contribution in [3.8, 4) is 11.3 Å². The average Bonchev–Trinajstić information content (AvgIpc) is 2.94. The van der Waals surface area contributed by atoms with Crippen LogP contribution in [0.1, 0.15) is 38.3 Å². The zero-order valence-corrected chi connectivity index (χ0v) is 12.8. The average molecular weight is 320 g/mol. The summed E-state index contributed by atoms with van der Waals surface area (Å²) in [4.78, 5) is 16.4. The predicted molar refractivity (Wildman–Crippen MR) is 82.1 cm³/mol. The molecule has 3 rings (SSSR count). The highest BCUT2D eigenvalue weighted by molar-refractivity contribution is 5.95. The highest BCUT2D eigenvalue weighted by Gasteiger charge is 2.23. The summed E-state index contributed by atoms with van der Waals surface area (Å²) in [5.74, 6) is -0.349. The summed E-state index contributed by atoms with van der Waals surface area (Å²) in [6, 6.07) is 1.84. The number of aryl methyl sites for hydroxylation is 1. The highest BCUT2D eigenvalue weighted by Crippen LogP contribution is 2.32. The molecule has 23 heavy (non-hydrogen) atoms. The molecule has 2 aromatic heterocycles. The lowest BCUT2D eigenvalue weighted by atomic mass is 9.99. The number of nitrogens with zero attached hydrogens (tertiary/aromatic N) is 3. The number of carbonyl (C=O) groups excluding carboxylic acids is 1. The van der Waals surface area contributed by atoms with Crippen LogP contribution < -0.4 is 5.32 Å². The third-order valence-electron chi connectivity index (χ3n) is 4.11. The molecule has 0 saturated carbocycles. The molecule has 1 N–H and O–H groups in total. The van der Waals surface area contributed by atoms with Crippen molar-refractivity contribution < 1.29 is 13.6 Å². The number of carbonyl (C=O) groups is 1. The maximum absolute atomic E-state index is 13.2. The van der Waals surface area contributed by atoms with Gasteiger partial charge in [0.2, 0.25) is 5.91 Å². The molecule has 3 heterocycles. The zero-order chi connectivity index (χ0) is 16.4. The summed E-state index contributed by atoms with van der Waals surface area (Å²) in [5.41, 5.74) is 2.01. The van der Waals surface area contributed by atoms with E-state index in [1.54, 1.807) is 6.20 Å². The van der Waals surface area contributed by atoms with Gasteiger partial charge < -0.3 is 5.32 Å². The van der Waals surface area contributed by atoms with Gasteiger partial charge in [-0.05, 0) is 30.9 Å². The summed E-state index contributed by atoms with van der Waals surface area (Å²) in [6.45, 7) is -0.941. The van der Waals surface area contributed by atoms with Crippen molar-refractivity contribution in [1.29, 1.82) is 0 Å². The first-order valence-corrected chi connectivity index (χ1v) is 7.67. The van der Waals surface area contributed by atoms with Crippen LogP contribution in [-0.4, -0.2) is 20.7 Å². The summed E-state index contributed by atoms with van der Waals surface area (Å²) in [7, 11) is 0. The molecule has 0 radical (unpaired) electrons. The van der Waals surface area contributed by atoms with Crippen molar-refractivity contribution in [2.24, 2.45) is 5.92 Å². The Kier molecular flexibility index (Phi) is 4.36. The maximum atomic E-state index is 13.2. The van der Waals surface area contributed by atoms with E-state index >= 15 is 0 Å². The van der Waals surface area contributed by atoms with E-state index in [1.165, 1.54) is 12.4 Å². The van der Waals surface area contributed by atoms with Gasteiger partial charge >= 0.3 is 6.55 Å². The third-order valence-corrected chi connectivity index (χ3v) is 4.11. The minimum atomic E-state index is -2.79. The number of halogens is 2. The predicted octanol–water partition coefficient (Wildman–Crippen LogP) is 3.64. The lowest BCUT2D eigenvalue weighted by Gasteiger charge is -2.15. The second-order valence-electron chi connectivity index (χ2n) is 5.85. The monoisotopic (exact) mass is 320 g/mol. The standard InChI is InChI=1S/C16H18F2N4O/c1-10-4-2-3-5-11-6-12(8-19-7-11)14-13(21-15(10)23)9-20-22(14)16(17)18/h6-10,16H,2-5H2,1H3,(H,21,23). The van der Waals surface area contributed by atoms with Crippen molar-refractivity contribution in [3.63, 3.8) is 0 Å². The molecule has 122 valence electrons. The molecule has 2 bridgehead atoms. The zero-order valence-electron chi connectivity index (χ0n) is 12.8. The molecule has 1 unspecified atom stereocenters. The first kappa shape index (κ1) is 15.6. The Balaban J connectivity index is 2.11. The van der Waals surface area contributed by atoms with Gasteiger partial charge in [0.15, 0.2) is 0 Å². The number of fused-ring (bicyclic) bond motifs is 4. The number of aromatic nitrogens is 3. The largest absolute Gasteiger partial charge is 0.333 e. The third kappa shape index (κ3) is 3.23. The molecular weight excluding hydrogens is 302 g/mol. The van der Waals surface area contributed by atoms with E-state index in [4.69, 9.17) is 0 Å². The van der Waals surface area contributed by atoms with Crippen LogP contribution in [-0.2, 0) is 11.2 Å². The number of nitrogens with one attached hydrogen (secondary N) is 1. The van der Waals surface area contributed by atoms with Gasteiger partial charge in [-0.15, -0.1) is 0 Å². The fraction of sp³-hybridized carbons (Fsp3) is 0.438. The number of rotatable bonds is 1. The van der Waals surface area contributed by atoms with E-state index in [-0.39, 0.29) is 17.5 Å². The summed E-state index contributed by atoms with van der Waals surface area (Å²) >= 11 is 0. The molecule has 7 heteroatoms. The number of alkyl halides is 2. The first-order chi connectivity index (χ1) is 11.1. The quantitative estimate of drug-likeness (QED) is 0.872. The lowest BCUT2D eigenvalue weighted by Crippen LogP contribution is -2.21. The van der Waals surface area contributed by atoms with Crippen LogP contribution >= 0.6 is 0 Å². The lowest BCUT2D eigenvalue weighted by molar-refractivity contribution is -0.119. The van der Waals surface area contributed by atoms with E-state index in [0.717, 1.165) is 31.2 Å². The first-order valence-electron chi connectivity index (χ1n) is 7.67. The SMILES string of the molecule is CC1CCCCc2cncc(c2)-c2c(cnn2C(F)F)NC1=O. The number of pyridine rings is 1. The van der Waals surface area contributed by atoms with Crippen LogP contribution in [0.4, 0.5) is 14.5 Å². The molecule has 0 aromatic carbocycles. The molecule has 1 atom stereocenters. The number of hydrogen-bond acceptors (Lipinski definition) is 3. The van der Waals surface area contributed by atoms with Crippen molar-refractivity contribution in [1.82, 2.24) is 14.8 Å². The van der Waals surface area contributed by atoms with Crippen LogP contribution in [0.3, 0.4) is 0 Å². The molecule has 0 saturated heterocycles. The van der Waals surface area contributed by atoms with Gasteiger partial charge in [0.1, 0.15) is 0 Å². The summed E-state index contributed by atoms with van der Waals surface area (Å²) in [6.07, 6.45) is 7.98. The number of amides is 1. The maximum Gasteiger partial charge on any atom is 0.333 e. The smallest absolute Gasteiger partial charge is 0.323 e. The Morgan fingerprint density at radius 2 is 2.13 bits per heavy atom. The van der Waals surface area contributed by atoms with Crippen LogP contribution in [0.15, 0.2) is 24.7 Å². The van der Waals surface area contributed by atoms with Gasteiger partial charge in [-0.2, -0.15) is 13.9 Å². The van der Waals surface area contributed by atoms with Gasteiger partial charge in [0.25, 0.3) is 0 Å². The Labute approximate surface area is 132 Å². The Hall–Kier alpha value is -2.31. The molecule has 1 aliphatic heterocycles. The van der Waals surface area contributed by atoms with Crippen LogP contribution in [0.25, 0.3) is 11.3 Å². The van der Waals surface area contributed by atoms with Crippen LogP contribution in [0, 0.1) is 5.92 Å². The van der Waals surface area contributed by atoms with Crippen LogP contribution in [0.2, 0.25) is 0 Å². The van der Waals surface area contributed by atoms with Gasteiger partial charge in [0, 0.05) is 23.9 Å². The van der Waals surface area contributed by atoms with Gasteiger partial charge in [-0.1, -0.05) is 13.3 Å². The molecule has 0 fully saturated rings. The topological polar surface area (TPSA) is 59.8 Å². The summed E-state index contributed by atoms with van der Waals surface area (Å²) < 4.78 is 27.1. The molecule has 5 nitrogen and oxygen atoms in total. The van der Waals surface area contributed by atoms with E-state index in [1.807, 2.05) is 13.0 Å². The molecule has 2 aromatic rings. The minimum Gasteiger partial charge on any atom is -0.323 e. The van der Waals surface area contributed by atoms with Crippen molar-refractivity contribution in [2.75, 3.05) is 5.32 Å². The van der Waals surface area contributed by atoms with Gasteiger partial charge in [0.05, 0.1) is 17.6 Å². The van der Waals surface area contributed by atoms with Crippen LogP contribution in [0.5, 0.6) is 0 Å². The fourth-order valence-corrected chi connectivity index (χ4v) is 2.81. The molecule has 0 spiro atoms. The summed E-state index contributed by atoms with van der Waals surface area (Å²) in [5, 5.41) is 6.45.